The standard InChI is InChI=1S/C23H29F2N7O2S/c1-35(33)31-15-7-5-14(6-8-15)27-22-26-13-19-21(30-22)32(16-9-11-34-12-10-16)23(28-19)29-20-17(24)3-2-4-18(20)25/h2-4,13-16,31H,5-12H2,1H3,(H,28,29)(H,26,27,30). The molecule has 2 aliphatic rings. The van der Waals surface area contributed by atoms with Crippen molar-refractivity contribution in [3.8, 4) is 0 Å². The van der Waals surface area contributed by atoms with Gasteiger partial charge in [0.15, 0.2) is 5.65 Å². The lowest BCUT2D eigenvalue weighted by Crippen LogP contribution is -2.37. The van der Waals surface area contributed by atoms with Gasteiger partial charge in [0.1, 0.15) is 22.8 Å². The third-order valence-electron chi connectivity index (χ3n) is 6.58. The maximum atomic E-state index is 14.4. The summed E-state index contributed by atoms with van der Waals surface area (Å²) in [5.41, 5.74) is 0.894. The van der Waals surface area contributed by atoms with Gasteiger partial charge in [-0.2, -0.15) is 4.98 Å². The first kappa shape index (κ1) is 24.0. The van der Waals surface area contributed by atoms with Crippen LogP contribution >= 0.6 is 0 Å². The SMILES string of the molecule is CS(=O)NC1CCC(Nc2ncc3nc(Nc4c(F)cccc4F)n(C4CCOCC4)c3n2)CC1. The van der Waals surface area contributed by atoms with Crippen molar-refractivity contribution >= 4 is 39.7 Å². The van der Waals surface area contributed by atoms with Crippen molar-refractivity contribution in [2.24, 2.45) is 0 Å². The summed E-state index contributed by atoms with van der Waals surface area (Å²) >= 11 is 0. The molecule has 3 aromatic rings. The average molecular weight is 506 g/mol. The summed E-state index contributed by atoms with van der Waals surface area (Å²) in [6.45, 7) is 1.18. The molecule has 188 valence electrons. The summed E-state index contributed by atoms with van der Waals surface area (Å²) in [7, 11) is -1.02. The van der Waals surface area contributed by atoms with Crippen LogP contribution in [0.15, 0.2) is 24.4 Å². The number of rotatable bonds is 7. The highest BCUT2D eigenvalue weighted by Crippen LogP contribution is 2.33. The molecule has 2 fully saturated rings. The fraction of sp³-hybridized carbons (Fsp3) is 0.522. The van der Waals surface area contributed by atoms with Crippen molar-refractivity contribution in [2.75, 3.05) is 30.1 Å². The lowest BCUT2D eigenvalue weighted by Gasteiger charge is -2.29. The van der Waals surface area contributed by atoms with Crippen molar-refractivity contribution in [2.45, 2.75) is 56.7 Å². The van der Waals surface area contributed by atoms with E-state index in [9.17, 15) is 13.0 Å². The summed E-state index contributed by atoms with van der Waals surface area (Å²) in [5.74, 6) is -0.576. The molecule has 12 heteroatoms. The smallest absolute Gasteiger partial charge is 0.224 e. The number of halogens is 2. The molecular weight excluding hydrogens is 476 g/mol. The van der Waals surface area contributed by atoms with Gasteiger partial charge in [0.2, 0.25) is 11.9 Å². The fourth-order valence-electron chi connectivity index (χ4n) is 4.84. The van der Waals surface area contributed by atoms with Crippen molar-refractivity contribution in [3.05, 3.63) is 36.0 Å². The fourth-order valence-corrected chi connectivity index (χ4v) is 5.54. The summed E-state index contributed by atoms with van der Waals surface area (Å²) < 4.78 is 50.7. The highest BCUT2D eigenvalue weighted by molar-refractivity contribution is 7.82. The molecule has 2 aromatic heterocycles. The monoisotopic (exact) mass is 505 g/mol. The molecule has 1 aliphatic carbocycles. The molecule has 0 bridgehead atoms. The zero-order chi connectivity index (χ0) is 24.4. The molecule has 35 heavy (non-hydrogen) atoms. The quantitative estimate of drug-likeness (QED) is 0.448. The number of ether oxygens (including phenoxy) is 1. The van der Waals surface area contributed by atoms with E-state index < -0.39 is 22.6 Å². The molecule has 1 saturated heterocycles. The van der Waals surface area contributed by atoms with Gasteiger partial charge in [-0.3, -0.25) is 4.57 Å². The number of hydrogen-bond donors (Lipinski definition) is 3. The van der Waals surface area contributed by atoms with Gasteiger partial charge in [-0.25, -0.2) is 27.7 Å². The van der Waals surface area contributed by atoms with Crippen LogP contribution in [-0.4, -0.2) is 55.3 Å². The molecule has 0 amide bonds. The van der Waals surface area contributed by atoms with Crippen LogP contribution in [0.5, 0.6) is 0 Å². The maximum absolute atomic E-state index is 14.4. The number of nitrogens with zero attached hydrogens (tertiary/aromatic N) is 4. The molecule has 1 aromatic carbocycles. The van der Waals surface area contributed by atoms with Crippen LogP contribution in [-0.2, 0) is 15.7 Å². The van der Waals surface area contributed by atoms with Crippen LogP contribution in [0.4, 0.5) is 26.4 Å². The molecule has 1 aliphatic heterocycles. The number of imidazole rings is 1. The summed E-state index contributed by atoms with van der Waals surface area (Å²) in [5, 5.41) is 6.28. The average Bonchev–Trinajstić information content (AvgIpc) is 3.20. The Morgan fingerprint density at radius 1 is 1.03 bits per heavy atom. The largest absolute Gasteiger partial charge is 0.381 e. The van der Waals surface area contributed by atoms with E-state index in [4.69, 9.17) is 9.72 Å². The molecule has 1 saturated carbocycles. The first-order valence-electron chi connectivity index (χ1n) is 11.9. The number of para-hydroxylation sites is 1. The number of fused-ring (bicyclic) bond motifs is 1. The van der Waals surface area contributed by atoms with E-state index in [1.165, 1.54) is 18.2 Å². The number of anilines is 3. The van der Waals surface area contributed by atoms with Gasteiger partial charge in [0, 0.05) is 37.6 Å². The molecule has 0 spiro atoms. The van der Waals surface area contributed by atoms with Gasteiger partial charge in [-0.15, -0.1) is 0 Å². The van der Waals surface area contributed by atoms with Crippen LogP contribution in [0.1, 0.15) is 44.6 Å². The number of hydrogen-bond acceptors (Lipinski definition) is 7. The second kappa shape index (κ2) is 10.5. The second-order valence-corrected chi connectivity index (χ2v) is 10.2. The van der Waals surface area contributed by atoms with Crippen LogP contribution in [0.2, 0.25) is 0 Å². The zero-order valence-corrected chi connectivity index (χ0v) is 20.3. The van der Waals surface area contributed by atoms with Crippen LogP contribution in [0.25, 0.3) is 11.2 Å². The minimum atomic E-state index is -1.02. The van der Waals surface area contributed by atoms with Crippen molar-refractivity contribution in [1.82, 2.24) is 24.2 Å². The number of benzene rings is 1. The molecule has 9 nitrogen and oxygen atoms in total. The van der Waals surface area contributed by atoms with Gasteiger partial charge in [-0.05, 0) is 50.7 Å². The molecule has 3 heterocycles. The lowest BCUT2D eigenvalue weighted by molar-refractivity contribution is 0.0710. The van der Waals surface area contributed by atoms with Crippen LogP contribution in [0, 0.1) is 11.6 Å². The Kier molecular flexibility index (Phi) is 7.21. The number of nitrogens with one attached hydrogen (secondary N) is 3. The van der Waals surface area contributed by atoms with E-state index in [1.54, 1.807) is 12.5 Å². The van der Waals surface area contributed by atoms with Crippen molar-refractivity contribution in [3.63, 3.8) is 0 Å². The van der Waals surface area contributed by atoms with Crippen molar-refractivity contribution in [1.29, 1.82) is 0 Å². The van der Waals surface area contributed by atoms with E-state index in [-0.39, 0.29) is 23.8 Å². The van der Waals surface area contributed by atoms with Gasteiger partial charge in [0.05, 0.1) is 17.2 Å². The third-order valence-corrected chi connectivity index (χ3v) is 7.25. The Morgan fingerprint density at radius 2 is 1.71 bits per heavy atom. The maximum Gasteiger partial charge on any atom is 0.224 e. The topological polar surface area (TPSA) is 106 Å². The first-order chi connectivity index (χ1) is 17.0. The Hall–Kier alpha value is -2.70. The molecule has 1 unspecified atom stereocenters. The van der Waals surface area contributed by atoms with E-state index in [0.29, 0.717) is 36.3 Å². The Morgan fingerprint density at radius 3 is 2.40 bits per heavy atom. The highest BCUT2D eigenvalue weighted by atomic mass is 32.2. The van der Waals surface area contributed by atoms with Gasteiger partial charge in [0.25, 0.3) is 0 Å². The van der Waals surface area contributed by atoms with Crippen LogP contribution < -0.4 is 15.4 Å². The molecule has 5 rings (SSSR count). The Balaban J connectivity index is 1.42. The van der Waals surface area contributed by atoms with E-state index in [0.717, 1.165) is 38.5 Å². The minimum absolute atomic E-state index is 0.0188. The van der Waals surface area contributed by atoms with Gasteiger partial charge in [-0.1, -0.05) is 6.07 Å². The van der Waals surface area contributed by atoms with E-state index in [2.05, 4.69) is 25.3 Å². The van der Waals surface area contributed by atoms with E-state index in [1.807, 2.05) is 4.57 Å². The molecule has 1 atom stereocenters. The third kappa shape index (κ3) is 5.44. The predicted octanol–water partition coefficient (Wildman–Crippen LogP) is 3.81. The predicted molar refractivity (Wildman–Crippen MR) is 131 cm³/mol. The van der Waals surface area contributed by atoms with Gasteiger partial charge >= 0.3 is 0 Å². The van der Waals surface area contributed by atoms with Crippen molar-refractivity contribution < 1.29 is 17.7 Å². The zero-order valence-electron chi connectivity index (χ0n) is 19.5. The lowest BCUT2D eigenvalue weighted by atomic mass is 9.92. The Labute approximate surface area is 204 Å². The molecule has 0 radical (unpaired) electrons. The Bertz CT molecular complexity index is 1190. The summed E-state index contributed by atoms with van der Waals surface area (Å²) in [6.07, 6.45) is 8.42. The molecular formula is C23H29F2N7O2S. The number of aromatic nitrogens is 4. The summed E-state index contributed by atoms with van der Waals surface area (Å²) in [4.78, 5) is 13.8. The molecule has 3 N–H and O–H groups in total. The summed E-state index contributed by atoms with van der Waals surface area (Å²) in [6, 6.07) is 4.22. The first-order valence-corrected chi connectivity index (χ1v) is 13.4. The second-order valence-electron chi connectivity index (χ2n) is 9.04. The normalized spacial score (nSPS) is 22.3. The van der Waals surface area contributed by atoms with Crippen LogP contribution in [0.3, 0.4) is 0 Å². The minimum Gasteiger partial charge on any atom is -0.381 e. The van der Waals surface area contributed by atoms with E-state index >= 15 is 0 Å². The van der Waals surface area contributed by atoms with Gasteiger partial charge < -0.3 is 15.4 Å². The highest BCUT2D eigenvalue weighted by Gasteiger charge is 2.26.